The average molecular weight is 261 g/mol. The Morgan fingerprint density at radius 1 is 1.58 bits per heavy atom. The standard InChI is InChI=1S/C14H19N3O2/c1-2-7-16-14(18)17-10-3-4-13(11-17)19-12-5-8-15-9-6-12/h2,5-6,8-9,13H,1,3-4,7,10-11H2,(H,16,18). The molecule has 1 N–H and O–H groups in total. The van der Waals surface area contributed by atoms with Gasteiger partial charge in [-0.1, -0.05) is 6.08 Å². The predicted octanol–water partition coefficient (Wildman–Crippen LogP) is 1.82. The van der Waals surface area contributed by atoms with Crippen LogP contribution in [0.15, 0.2) is 37.2 Å². The summed E-state index contributed by atoms with van der Waals surface area (Å²) in [6, 6.07) is 3.61. The minimum Gasteiger partial charge on any atom is -0.488 e. The zero-order valence-corrected chi connectivity index (χ0v) is 10.9. The summed E-state index contributed by atoms with van der Waals surface area (Å²) in [6.45, 7) is 5.47. The molecule has 5 nitrogen and oxygen atoms in total. The fourth-order valence-electron chi connectivity index (χ4n) is 2.10. The molecule has 1 aliphatic heterocycles. The molecule has 0 spiro atoms. The predicted molar refractivity (Wildman–Crippen MR) is 73.1 cm³/mol. The third-order valence-electron chi connectivity index (χ3n) is 3.02. The molecule has 1 aromatic heterocycles. The highest BCUT2D eigenvalue weighted by Crippen LogP contribution is 2.17. The summed E-state index contributed by atoms with van der Waals surface area (Å²) < 4.78 is 5.86. The minimum absolute atomic E-state index is 0.0469. The number of ether oxygens (including phenoxy) is 1. The van der Waals surface area contributed by atoms with Gasteiger partial charge in [0.1, 0.15) is 11.9 Å². The van der Waals surface area contributed by atoms with Gasteiger partial charge in [0.05, 0.1) is 6.54 Å². The largest absolute Gasteiger partial charge is 0.488 e. The van der Waals surface area contributed by atoms with E-state index in [1.54, 1.807) is 23.4 Å². The zero-order chi connectivity index (χ0) is 13.5. The maximum absolute atomic E-state index is 11.9. The summed E-state index contributed by atoms with van der Waals surface area (Å²) in [4.78, 5) is 17.6. The molecule has 1 saturated heterocycles. The Kier molecular flexibility index (Phi) is 4.78. The molecule has 19 heavy (non-hydrogen) atoms. The van der Waals surface area contributed by atoms with Crippen molar-refractivity contribution in [2.45, 2.75) is 18.9 Å². The van der Waals surface area contributed by atoms with Crippen LogP contribution in [0, 0.1) is 0 Å². The van der Waals surface area contributed by atoms with Crippen molar-refractivity contribution in [1.29, 1.82) is 0 Å². The second-order valence-electron chi connectivity index (χ2n) is 4.49. The van der Waals surface area contributed by atoms with Crippen molar-refractivity contribution >= 4 is 6.03 Å². The lowest BCUT2D eigenvalue weighted by Gasteiger charge is -2.32. The summed E-state index contributed by atoms with van der Waals surface area (Å²) >= 11 is 0. The molecule has 5 heteroatoms. The van der Waals surface area contributed by atoms with Crippen LogP contribution >= 0.6 is 0 Å². The molecule has 0 aliphatic carbocycles. The second-order valence-corrected chi connectivity index (χ2v) is 4.49. The molecule has 1 aliphatic rings. The molecule has 0 aromatic carbocycles. The van der Waals surface area contributed by atoms with Gasteiger partial charge in [0.15, 0.2) is 0 Å². The molecular weight excluding hydrogens is 242 g/mol. The molecule has 1 fully saturated rings. The van der Waals surface area contributed by atoms with E-state index < -0.39 is 0 Å². The number of amides is 2. The molecule has 1 atom stereocenters. The van der Waals surface area contributed by atoms with Crippen LogP contribution in [0.25, 0.3) is 0 Å². The number of rotatable bonds is 4. The van der Waals surface area contributed by atoms with E-state index >= 15 is 0 Å². The first-order valence-corrected chi connectivity index (χ1v) is 6.50. The average Bonchev–Trinajstić information content (AvgIpc) is 2.46. The minimum atomic E-state index is -0.0528. The van der Waals surface area contributed by atoms with E-state index in [1.807, 2.05) is 12.1 Å². The second kappa shape index (κ2) is 6.78. The fraction of sp³-hybridized carbons (Fsp3) is 0.429. The highest BCUT2D eigenvalue weighted by atomic mass is 16.5. The van der Waals surface area contributed by atoms with Crippen LogP contribution in [-0.4, -0.2) is 41.7 Å². The summed E-state index contributed by atoms with van der Waals surface area (Å²) in [5.74, 6) is 0.799. The van der Waals surface area contributed by atoms with Crippen LogP contribution in [-0.2, 0) is 0 Å². The Morgan fingerprint density at radius 2 is 2.37 bits per heavy atom. The van der Waals surface area contributed by atoms with Gasteiger partial charge < -0.3 is 15.0 Å². The van der Waals surface area contributed by atoms with Gasteiger partial charge in [-0.3, -0.25) is 4.98 Å². The fourth-order valence-corrected chi connectivity index (χ4v) is 2.10. The quantitative estimate of drug-likeness (QED) is 0.841. The lowest BCUT2D eigenvalue weighted by Crippen LogP contribution is -2.48. The van der Waals surface area contributed by atoms with Crippen LogP contribution in [0.1, 0.15) is 12.8 Å². The third-order valence-corrected chi connectivity index (χ3v) is 3.02. The van der Waals surface area contributed by atoms with Crippen LogP contribution in [0.4, 0.5) is 4.79 Å². The maximum Gasteiger partial charge on any atom is 0.317 e. The normalized spacial score (nSPS) is 18.7. The summed E-state index contributed by atoms with van der Waals surface area (Å²) in [5, 5.41) is 2.79. The monoisotopic (exact) mass is 261 g/mol. The molecule has 2 heterocycles. The molecule has 1 unspecified atom stereocenters. The molecule has 2 amide bonds. The maximum atomic E-state index is 11.9. The number of likely N-dealkylation sites (tertiary alicyclic amines) is 1. The summed E-state index contributed by atoms with van der Waals surface area (Å²) in [7, 11) is 0. The Balaban J connectivity index is 1.86. The zero-order valence-electron chi connectivity index (χ0n) is 10.9. The van der Waals surface area contributed by atoms with Crippen molar-refractivity contribution in [3.05, 3.63) is 37.2 Å². The van der Waals surface area contributed by atoms with Crippen LogP contribution in [0.5, 0.6) is 5.75 Å². The van der Waals surface area contributed by atoms with Crippen molar-refractivity contribution in [3.8, 4) is 5.75 Å². The van der Waals surface area contributed by atoms with E-state index in [9.17, 15) is 4.79 Å². The molecule has 1 aromatic rings. The number of aromatic nitrogens is 1. The van der Waals surface area contributed by atoms with Crippen molar-refractivity contribution < 1.29 is 9.53 Å². The molecule has 0 saturated carbocycles. The van der Waals surface area contributed by atoms with Gasteiger partial charge in [0.25, 0.3) is 0 Å². The number of carbonyl (C=O) groups excluding carboxylic acids is 1. The van der Waals surface area contributed by atoms with Gasteiger partial charge in [-0.05, 0) is 25.0 Å². The molecule has 0 radical (unpaired) electrons. The Bertz CT molecular complexity index is 422. The van der Waals surface area contributed by atoms with E-state index in [-0.39, 0.29) is 12.1 Å². The van der Waals surface area contributed by atoms with E-state index in [2.05, 4.69) is 16.9 Å². The third kappa shape index (κ3) is 3.98. The van der Waals surface area contributed by atoms with Gasteiger partial charge in [-0.25, -0.2) is 4.79 Å². The van der Waals surface area contributed by atoms with Crippen molar-refractivity contribution in [2.24, 2.45) is 0 Å². The van der Waals surface area contributed by atoms with Gasteiger partial charge in [0, 0.05) is 25.5 Å². The van der Waals surface area contributed by atoms with Crippen molar-refractivity contribution in [2.75, 3.05) is 19.6 Å². The van der Waals surface area contributed by atoms with E-state index in [1.165, 1.54) is 0 Å². The van der Waals surface area contributed by atoms with Crippen molar-refractivity contribution in [1.82, 2.24) is 15.2 Å². The number of nitrogens with zero attached hydrogens (tertiary/aromatic N) is 2. The van der Waals surface area contributed by atoms with Crippen LogP contribution < -0.4 is 10.1 Å². The number of nitrogens with one attached hydrogen (secondary N) is 1. The molecular formula is C14H19N3O2. The van der Waals surface area contributed by atoms with Gasteiger partial charge in [-0.2, -0.15) is 0 Å². The number of carbonyl (C=O) groups is 1. The molecule has 102 valence electrons. The van der Waals surface area contributed by atoms with Crippen LogP contribution in [0.2, 0.25) is 0 Å². The van der Waals surface area contributed by atoms with Gasteiger partial charge in [-0.15, -0.1) is 6.58 Å². The number of urea groups is 1. The Hall–Kier alpha value is -2.04. The van der Waals surface area contributed by atoms with E-state index in [0.29, 0.717) is 13.1 Å². The Morgan fingerprint density at radius 3 is 3.11 bits per heavy atom. The summed E-state index contributed by atoms with van der Waals surface area (Å²) in [6.07, 6.45) is 7.04. The number of piperidine rings is 1. The van der Waals surface area contributed by atoms with E-state index in [4.69, 9.17) is 4.74 Å². The molecule has 0 bridgehead atoms. The number of hydrogen-bond donors (Lipinski definition) is 1. The molecule has 2 rings (SSSR count). The topological polar surface area (TPSA) is 54.5 Å². The van der Waals surface area contributed by atoms with Gasteiger partial charge >= 0.3 is 6.03 Å². The first kappa shape index (κ1) is 13.4. The Labute approximate surface area is 113 Å². The lowest BCUT2D eigenvalue weighted by molar-refractivity contribution is 0.102. The summed E-state index contributed by atoms with van der Waals surface area (Å²) in [5.41, 5.74) is 0. The number of hydrogen-bond acceptors (Lipinski definition) is 3. The van der Waals surface area contributed by atoms with E-state index in [0.717, 1.165) is 25.1 Å². The van der Waals surface area contributed by atoms with Crippen molar-refractivity contribution in [3.63, 3.8) is 0 Å². The lowest BCUT2D eigenvalue weighted by atomic mass is 10.1. The highest BCUT2D eigenvalue weighted by Gasteiger charge is 2.24. The first-order valence-electron chi connectivity index (χ1n) is 6.50. The SMILES string of the molecule is C=CCNC(=O)N1CCCC(Oc2ccncc2)C1. The highest BCUT2D eigenvalue weighted by molar-refractivity contribution is 5.74. The van der Waals surface area contributed by atoms with Crippen LogP contribution in [0.3, 0.4) is 0 Å². The smallest absolute Gasteiger partial charge is 0.317 e. The van der Waals surface area contributed by atoms with Gasteiger partial charge in [0.2, 0.25) is 0 Å². The first-order chi connectivity index (χ1) is 9.29. The number of pyridine rings is 1.